The lowest BCUT2D eigenvalue weighted by Crippen LogP contribution is -2.38. The van der Waals surface area contributed by atoms with Crippen LogP contribution < -0.4 is 5.73 Å². The van der Waals surface area contributed by atoms with Gasteiger partial charge in [-0.05, 0) is 19.9 Å². The van der Waals surface area contributed by atoms with Gasteiger partial charge in [0.2, 0.25) is 0 Å². The van der Waals surface area contributed by atoms with Crippen LogP contribution in [0.4, 0.5) is 5.82 Å². The summed E-state index contributed by atoms with van der Waals surface area (Å²) < 4.78 is 1.44. The van der Waals surface area contributed by atoms with E-state index in [4.69, 9.17) is 5.73 Å². The summed E-state index contributed by atoms with van der Waals surface area (Å²) in [4.78, 5) is 11.0. The van der Waals surface area contributed by atoms with E-state index >= 15 is 0 Å². The summed E-state index contributed by atoms with van der Waals surface area (Å²) in [7, 11) is 0. The number of hydrogen-bond acceptors (Lipinski definition) is 4. The molecule has 0 amide bonds. The Labute approximate surface area is 76.2 Å². The molecule has 1 atom stereocenters. The number of Topliss-reactive ketones (excluding diaryl/α,β-unsaturated/α-hetero) is 1. The molecule has 0 aromatic carbocycles. The maximum absolute atomic E-state index is 11.0. The zero-order valence-corrected chi connectivity index (χ0v) is 7.69. The smallest absolute Gasteiger partial charge is 0.162 e. The van der Waals surface area contributed by atoms with E-state index in [1.54, 1.807) is 12.3 Å². The normalized spacial score (nSPS) is 15.3. The fraction of sp³-hybridized carbons (Fsp3) is 0.500. The van der Waals surface area contributed by atoms with Crippen molar-refractivity contribution in [2.75, 3.05) is 5.73 Å². The molecular formula is C8H13N3O2. The summed E-state index contributed by atoms with van der Waals surface area (Å²) in [6.07, 6.45) is 1.62. The SMILES string of the molecule is CC(=O)C(C)(O)Cn1ccc(N)n1. The van der Waals surface area contributed by atoms with Crippen LogP contribution in [-0.2, 0) is 11.3 Å². The van der Waals surface area contributed by atoms with Gasteiger partial charge >= 0.3 is 0 Å². The first-order valence-corrected chi connectivity index (χ1v) is 3.94. The molecule has 13 heavy (non-hydrogen) atoms. The first-order valence-electron chi connectivity index (χ1n) is 3.94. The number of nitrogens with zero attached hydrogens (tertiary/aromatic N) is 2. The topological polar surface area (TPSA) is 81.1 Å². The number of anilines is 1. The fourth-order valence-electron chi connectivity index (χ4n) is 0.892. The van der Waals surface area contributed by atoms with E-state index in [0.717, 1.165) is 0 Å². The molecule has 1 rings (SSSR count). The van der Waals surface area contributed by atoms with Crippen LogP contribution in [-0.4, -0.2) is 26.3 Å². The van der Waals surface area contributed by atoms with Crippen molar-refractivity contribution < 1.29 is 9.90 Å². The minimum Gasteiger partial charge on any atom is -0.382 e. The number of rotatable bonds is 3. The lowest BCUT2D eigenvalue weighted by Gasteiger charge is -2.19. The lowest BCUT2D eigenvalue weighted by atomic mass is 10.0. The predicted octanol–water partition coefficient (Wildman–Crippen LogP) is -0.195. The average molecular weight is 183 g/mol. The molecule has 0 fully saturated rings. The Kier molecular flexibility index (Phi) is 2.38. The van der Waals surface area contributed by atoms with Gasteiger partial charge in [0, 0.05) is 6.20 Å². The minimum atomic E-state index is -1.38. The Morgan fingerprint density at radius 3 is 2.85 bits per heavy atom. The highest BCUT2D eigenvalue weighted by Crippen LogP contribution is 2.08. The molecule has 0 saturated carbocycles. The first-order chi connectivity index (χ1) is 5.92. The monoisotopic (exact) mass is 183 g/mol. The van der Waals surface area contributed by atoms with E-state index in [9.17, 15) is 9.90 Å². The van der Waals surface area contributed by atoms with Crippen molar-refractivity contribution in [3.8, 4) is 0 Å². The van der Waals surface area contributed by atoms with Gasteiger partial charge in [-0.2, -0.15) is 5.10 Å². The molecule has 5 heteroatoms. The second kappa shape index (κ2) is 3.18. The number of carbonyl (C=O) groups excluding carboxylic acids is 1. The second-order valence-electron chi connectivity index (χ2n) is 3.27. The van der Waals surface area contributed by atoms with Crippen LogP contribution in [0.3, 0.4) is 0 Å². The number of carbonyl (C=O) groups is 1. The van der Waals surface area contributed by atoms with Crippen molar-refractivity contribution in [1.82, 2.24) is 9.78 Å². The van der Waals surface area contributed by atoms with Crippen LogP contribution in [0.2, 0.25) is 0 Å². The van der Waals surface area contributed by atoms with Crippen molar-refractivity contribution in [2.45, 2.75) is 26.0 Å². The van der Waals surface area contributed by atoms with Gasteiger partial charge in [-0.25, -0.2) is 0 Å². The zero-order valence-electron chi connectivity index (χ0n) is 7.69. The average Bonchev–Trinajstić information content (AvgIpc) is 2.34. The van der Waals surface area contributed by atoms with Gasteiger partial charge in [-0.15, -0.1) is 0 Å². The van der Waals surface area contributed by atoms with Crippen LogP contribution in [0.1, 0.15) is 13.8 Å². The molecule has 5 nitrogen and oxygen atoms in total. The third-order valence-corrected chi connectivity index (χ3v) is 1.89. The Morgan fingerprint density at radius 1 is 1.85 bits per heavy atom. The van der Waals surface area contributed by atoms with Gasteiger partial charge in [0.05, 0.1) is 6.54 Å². The molecule has 0 aliphatic heterocycles. The Balaban J connectivity index is 2.74. The third kappa shape index (κ3) is 2.29. The van der Waals surface area contributed by atoms with Gasteiger partial charge < -0.3 is 10.8 Å². The molecule has 0 spiro atoms. The molecule has 1 aromatic heterocycles. The highest BCUT2D eigenvalue weighted by atomic mass is 16.3. The van der Waals surface area contributed by atoms with E-state index in [2.05, 4.69) is 5.10 Å². The summed E-state index contributed by atoms with van der Waals surface area (Å²) in [5.74, 6) is 0.0842. The molecule has 72 valence electrons. The van der Waals surface area contributed by atoms with Gasteiger partial charge in [-0.1, -0.05) is 0 Å². The van der Waals surface area contributed by atoms with Crippen molar-refractivity contribution in [3.05, 3.63) is 12.3 Å². The number of ketones is 1. The highest BCUT2D eigenvalue weighted by Gasteiger charge is 2.26. The third-order valence-electron chi connectivity index (χ3n) is 1.89. The van der Waals surface area contributed by atoms with Gasteiger partial charge in [0.1, 0.15) is 11.4 Å². The summed E-state index contributed by atoms with van der Waals surface area (Å²) in [5, 5.41) is 13.5. The molecule has 0 bridgehead atoms. The minimum absolute atomic E-state index is 0.125. The highest BCUT2D eigenvalue weighted by molar-refractivity contribution is 5.83. The largest absolute Gasteiger partial charge is 0.382 e. The van der Waals surface area contributed by atoms with E-state index in [1.807, 2.05) is 0 Å². The second-order valence-corrected chi connectivity index (χ2v) is 3.27. The lowest BCUT2D eigenvalue weighted by molar-refractivity contribution is -0.134. The molecule has 1 unspecified atom stereocenters. The summed E-state index contributed by atoms with van der Waals surface area (Å²) >= 11 is 0. The van der Waals surface area contributed by atoms with Crippen molar-refractivity contribution in [2.24, 2.45) is 0 Å². The molecule has 1 heterocycles. The number of aliphatic hydroxyl groups is 1. The number of aromatic nitrogens is 2. The van der Waals surface area contributed by atoms with Crippen LogP contribution in [0.5, 0.6) is 0 Å². The van der Waals surface area contributed by atoms with Crippen LogP contribution in [0.25, 0.3) is 0 Å². The van der Waals surface area contributed by atoms with E-state index in [-0.39, 0.29) is 12.3 Å². The quantitative estimate of drug-likeness (QED) is 0.680. The Morgan fingerprint density at radius 2 is 2.46 bits per heavy atom. The first kappa shape index (κ1) is 9.73. The Hall–Kier alpha value is -1.36. The zero-order chi connectivity index (χ0) is 10.1. The summed E-state index contributed by atoms with van der Waals surface area (Å²) in [6, 6.07) is 1.61. The van der Waals surface area contributed by atoms with Crippen LogP contribution in [0.15, 0.2) is 12.3 Å². The maximum Gasteiger partial charge on any atom is 0.162 e. The van der Waals surface area contributed by atoms with Crippen molar-refractivity contribution >= 4 is 11.6 Å². The van der Waals surface area contributed by atoms with Crippen LogP contribution >= 0.6 is 0 Å². The Bertz CT molecular complexity index is 317. The van der Waals surface area contributed by atoms with E-state index < -0.39 is 5.60 Å². The molecule has 0 aliphatic rings. The number of hydrogen-bond donors (Lipinski definition) is 2. The predicted molar refractivity (Wildman–Crippen MR) is 47.9 cm³/mol. The van der Waals surface area contributed by atoms with Crippen molar-refractivity contribution in [1.29, 1.82) is 0 Å². The molecule has 0 radical (unpaired) electrons. The fourth-order valence-corrected chi connectivity index (χ4v) is 0.892. The molecule has 3 N–H and O–H groups in total. The molecule has 0 aliphatic carbocycles. The molecular weight excluding hydrogens is 170 g/mol. The van der Waals surface area contributed by atoms with Crippen LogP contribution in [0, 0.1) is 0 Å². The standard InChI is InChI=1S/C8H13N3O2/c1-6(12)8(2,13)5-11-4-3-7(9)10-11/h3-4,13H,5H2,1-2H3,(H2,9,10). The summed E-state index contributed by atoms with van der Waals surface area (Å²) in [5.41, 5.74) is 4.00. The van der Waals surface area contributed by atoms with E-state index in [1.165, 1.54) is 18.5 Å². The van der Waals surface area contributed by atoms with E-state index in [0.29, 0.717) is 5.82 Å². The summed E-state index contributed by atoms with van der Waals surface area (Å²) in [6.45, 7) is 2.92. The van der Waals surface area contributed by atoms with Gasteiger partial charge in [0.15, 0.2) is 5.78 Å². The molecule has 0 saturated heterocycles. The van der Waals surface area contributed by atoms with Gasteiger partial charge in [-0.3, -0.25) is 9.48 Å². The maximum atomic E-state index is 11.0. The van der Waals surface area contributed by atoms with Gasteiger partial charge in [0.25, 0.3) is 0 Å². The van der Waals surface area contributed by atoms with Crippen molar-refractivity contribution in [3.63, 3.8) is 0 Å². The number of nitrogens with two attached hydrogens (primary N) is 1. The number of nitrogen functional groups attached to an aromatic ring is 1. The molecule has 1 aromatic rings.